The van der Waals surface area contributed by atoms with E-state index in [1.165, 1.54) is 19.5 Å². The first-order valence-electron chi connectivity index (χ1n) is 6.86. The first-order valence-corrected chi connectivity index (χ1v) is 7.81. The fourth-order valence-corrected chi connectivity index (χ4v) is 3.37. The fraction of sp³-hybridized carbons (Fsp3) is 0.714. The second-order valence-electron chi connectivity index (χ2n) is 5.25. The zero-order chi connectivity index (χ0) is 13.0. The molecule has 0 radical (unpaired) electrons. The van der Waals surface area contributed by atoms with Crippen molar-refractivity contribution in [2.75, 3.05) is 26.2 Å². The molecule has 2 N–H and O–H groups in total. The molecule has 3 unspecified atom stereocenters. The molecule has 0 amide bonds. The molecule has 18 heavy (non-hydrogen) atoms. The van der Waals surface area contributed by atoms with Crippen LogP contribution in [-0.4, -0.2) is 42.2 Å². The summed E-state index contributed by atoms with van der Waals surface area (Å²) in [4.78, 5) is 2.50. The molecular formula is C14H24N2OS. The lowest BCUT2D eigenvalue weighted by Crippen LogP contribution is -2.48. The van der Waals surface area contributed by atoms with Crippen LogP contribution >= 0.6 is 11.3 Å². The molecule has 0 spiro atoms. The monoisotopic (exact) mass is 268 g/mol. The Bertz CT molecular complexity index is 342. The van der Waals surface area contributed by atoms with E-state index < -0.39 is 0 Å². The van der Waals surface area contributed by atoms with Crippen LogP contribution in [-0.2, 0) is 0 Å². The minimum absolute atomic E-state index is 0.368. The van der Waals surface area contributed by atoms with E-state index in [9.17, 15) is 5.11 Å². The smallest absolute Gasteiger partial charge is 0.0922 e. The summed E-state index contributed by atoms with van der Waals surface area (Å²) in [5.74, 6) is 0.661. The maximum absolute atomic E-state index is 10.1. The van der Waals surface area contributed by atoms with Gasteiger partial charge in [0.2, 0.25) is 0 Å². The Kier molecular flexibility index (Phi) is 5.18. The lowest BCUT2D eigenvalue weighted by Gasteiger charge is -2.37. The molecule has 102 valence electrons. The van der Waals surface area contributed by atoms with Gasteiger partial charge in [0, 0.05) is 19.1 Å². The SMILES string of the molecule is CCN1CCC(NCC(O)c2ccsc2)C(C)C1. The summed E-state index contributed by atoms with van der Waals surface area (Å²) < 4.78 is 0. The number of nitrogens with one attached hydrogen (secondary N) is 1. The third-order valence-electron chi connectivity index (χ3n) is 3.94. The van der Waals surface area contributed by atoms with Crippen LogP contribution < -0.4 is 5.32 Å². The molecule has 2 rings (SSSR count). The van der Waals surface area contributed by atoms with E-state index in [0.717, 1.165) is 12.1 Å². The lowest BCUT2D eigenvalue weighted by atomic mass is 9.93. The van der Waals surface area contributed by atoms with Crippen LogP contribution in [0.25, 0.3) is 0 Å². The predicted molar refractivity (Wildman–Crippen MR) is 77.0 cm³/mol. The minimum Gasteiger partial charge on any atom is -0.387 e. The maximum atomic E-state index is 10.1. The van der Waals surface area contributed by atoms with E-state index in [1.54, 1.807) is 11.3 Å². The van der Waals surface area contributed by atoms with Gasteiger partial charge in [0.15, 0.2) is 0 Å². The second kappa shape index (κ2) is 6.66. The number of hydrogen-bond acceptors (Lipinski definition) is 4. The molecule has 0 bridgehead atoms. The van der Waals surface area contributed by atoms with Gasteiger partial charge in [0.25, 0.3) is 0 Å². The number of rotatable bonds is 5. The number of hydrogen-bond donors (Lipinski definition) is 2. The molecule has 0 saturated carbocycles. The number of likely N-dealkylation sites (tertiary alicyclic amines) is 1. The van der Waals surface area contributed by atoms with E-state index >= 15 is 0 Å². The standard InChI is InChI=1S/C14H24N2OS/c1-3-16-6-4-13(11(2)9-16)15-8-14(17)12-5-7-18-10-12/h5,7,10-11,13-15,17H,3-4,6,8-9H2,1-2H3. The third-order valence-corrected chi connectivity index (χ3v) is 4.64. The predicted octanol–water partition coefficient (Wildman–Crippen LogP) is 2.10. The van der Waals surface area contributed by atoms with Gasteiger partial charge in [-0.15, -0.1) is 0 Å². The van der Waals surface area contributed by atoms with Crippen molar-refractivity contribution in [1.29, 1.82) is 0 Å². The van der Waals surface area contributed by atoms with Crippen LogP contribution in [0.3, 0.4) is 0 Å². The molecule has 1 fully saturated rings. The van der Waals surface area contributed by atoms with Gasteiger partial charge < -0.3 is 15.3 Å². The van der Waals surface area contributed by atoms with Crippen molar-refractivity contribution in [3.8, 4) is 0 Å². The summed E-state index contributed by atoms with van der Waals surface area (Å²) in [7, 11) is 0. The normalized spacial score (nSPS) is 27.3. The molecule has 2 heterocycles. The van der Waals surface area contributed by atoms with Crippen LogP contribution in [0.15, 0.2) is 16.8 Å². The molecule has 1 aromatic rings. The molecule has 1 saturated heterocycles. The van der Waals surface area contributed by atoms with E-state index in [1.807, 2.05) is 16.8 Å². The first kappa shape index (κ1) is 14.0. The average molecular weight is 268 g/mol. The molecule has 1 aliphatic rings. The van der Waals surface area contributed by atoms with Gasteiger partial charge in [-0.1, -0.05) is 13.8 Å². The van der Waals surface area contributed by atoms with Gasteiger partial charge in [-0.3, -0.25) is 0 Å². The Morgan fingerprint density at radius 2 is 2.44 bits per heavy atom. The van der Waals surface area contributed by atoms with E-state index in [2.05, 4.69) is 24.1 Å². The molecular weight excluding hydrogens is 244 g/mol. The van der Waals surface area contributed by atoms with E-state index in [-0.39, 0.29) is 6.10 Å². The van der Waals surface area contributed by atoms with Crippen molar-refractivity contribution in [2.24, 2.45) is 5.92 Å². The third kappa shape index (κ3) is 3.54. The highest BCUT2D eigenvalue weighted by Gasteiger charge is 2.25. The quantitative estimate of drug-likeness (QED) is 0.858. The fourth-order valence-electron chi connectivity index (χ4n) is 2.67. The first-order chi connectivity index (χ1) is 8.70. The average Bonchev–Trinajstić information content (AvgIpc) is 2.90. The van der Waals surface area contributed by atoms with Gasteiger partial charge in [-0.25, -0.2) is 0 Å². The summed E-state index contributed by atoms with van der Waals surface area (Å²) in [5.41, 5.74) is 1.03. The van der Waals surface area contributed by atoms with Crippen molar-refractivity contribution in [3.05, 3.63) is 22.4 Å². The van der Waals surface area contributed by atoms with Crippen molar-refractivity contribution in [3.63, 3.8) is 0 Å². The summed E-state index contributed by atoms with van der Waals surface area (Å²) in [5, 5.41) is 17.6. The highest BCUT2D eigenvalue weighted by Crippen LogP contribution is 2.19. The molecule has 4 heteroatoms. The van der Waals surface area contributed by atoms with Crippen molar-refractivity contribution < 1.29 is 5.11 Å². The van der Waals surface area contributed by atoms with Gasteiger partial charge in [0.1, 0.15) is 0 Å². The van der Waals surface area contributed by atoms with Crippen molar-refractivity contribution >= 4 is 11.3 Å². The topological polar surface area (TPSA) is 35.5 Å². The molecule has 3 nitrogen and oxygen atoms in total. The van der Waals surface area contributed by atoms with Crippen LogP contribution in [0.2, 0.25) is 0 Å². The molecule has 0 aliphatic carbocycles. The molecule has 1 aromatic heterocycles. The molecule has 0 aromatic carbocycles. The Balaban J connectivity index is 1.77. The van der Waals surface area contributed by atoms with Gasteiger partial charge in [-0.05, 0) is 47.8 Å². The summed E-state index contributed by atoms with van der Waals surface area (Å²) in [6.07, 6.45) is 0.818. The van der Waals surface area contributed by atoms with Gasteiger partial charge >= 0.3 is 0 Å². The Labute approximate surface area is 114 Å². The maximum Gasteiger partial charge on any atom is 0.0922 e. The number of aliphatic hydroxyl groups is 1. The van der Waals surface area contributed by atoms with Crippen LogP contribution in [0.5, 0.6) is 0 Å². The number of nitrogens with zero attached hydrogens (tertiary/aromatic N) is 1. The zero-order valence-electron chi connectivity index (χ0n) is 11.3. The van der Waals surface area contributed by atoms with Gasteiger partial charge in [0.05, 0.1) is 6.10 Å². The highest BCUT2D eigenvalue weighted by atomic mass is 32.1. The summed E-state index contributed by atoms with van der Waals surface area (Å²) in [6, 6.07) is 2.54. The van der Waals surface area contributed by atoms with Crippen molar-refractivity contribution in [2.45, 2.75) is 32.4 Å². The molecule has 1 aliphatic heterocycles. The number of aliphatic hydroxyl groups excluding tert-OH is 1. The Morgan fingerprint density at radius 1 is 1.61 bits per heavy atom. The van der Waals surface area contributed by atoms with Gasteiger partial charge in [-0.2, -0.15) is 11.3 Å². The summed E-state index contributed by atoms with van der Waals surface area (Å²) >= 11 is 1.64. The molecule has 3 atom stereocenters. The minimum atomic E-state index is -0.368. The van der Waals surface area contributed by atoms with Crippen LogP contribution in [0.1, 0.15) is 31.9 Å². The zero-order valence-corrected chi connectivity index (χ0v) is 12.1. The van der Waals surface area contributed by atoms with E-state index in [4.69, 9.17) is 0 Å². The summed E-state index contributed by atoms with van der Waals surface area (Å²) in [6.45, 7) is 8.68. The Hall–Kier alpha value is -0.420. The highest BCUT2D eigenvalue weighted by molar-refractivity contribution is 7.07. The number of thiophene rings is 1. The largest absolute Gasteiger partial charge is 0.387 e. The lowest BCUT2D eigenvalue weighted by molar-refractivity contribution is 0.127. The second-order valence-corrected chi connectivity index (χ2v) is 6.03. The van der Waals surface area contributed by atoms with Crippen LogP contribution in [0, 0.1) is 5.92 Å². The van der Waals surface area contributed by atoms with Crippen LogP contribution in [0.4, 0.5) is 0 Å². The van der Waals surface area contributed by atoms with E-state index in [0.29, 0.717) is 18.5 Å². The number of piperidine rings is 1. The van der Waals surface area contributed by atoms with Crippen molar-refractivity contribution in [1.82, 2.24) is 10.2 Å². The Morgan fingerprint density at radius 3 is 3.06 bits per heavy atom.